The largest absolute Gasteiger partial charge is 0.388 e. The Morgan fingerprint density at radius 3 is 2.68 bits per heavy atom. The molecule has 3 rings (SSSR count). The van der Waals surface area contributed by atoms with E-state index in [-0.39, 0.29) is 0 Å². The van der Waals surface area contributed by atoms with Crippen LogP contribution in [0.15, 0.2) is 36.7 Å². The van der Waals surface area contributed by atoms with E-state index >= 15 is 0 Å². The van der Waals surface area contributed by atoms with Crippen LogP contribution in [0, 0.1) is 0 Å². The maximum atomic E-state index is 10.3. The molecular weight excluding hydrogens is 236 g/mol. The van der Waals surface area contributed by atoms with Crippen LogP contribution in [0.1, 0.15) is 48.7 Å². The molecule has 1 saturated carbocycles. The molecule has 0 aliphatic heterocycles. The number of benzene rings is 1. The van der Waals surface area contributed by atoms with Crippen molar-refractivity contribution in [1.29, 1.82) is 0 Å². The summed E-state index contributed by atoms with van der Waals surface area (Å²) in [7, 11) is 0. The maximum absolute atomic E-state index is 10.3. The van der Waals surface area contributed by atoms with Gasteiger partial charge in [-0.25, -0.2) is 4.98 Å². The Hall–Kier alpha value is -1.61. The summed E-state index contributed by atoms with van der Waals surface area (Å²) in [4.78, 5) is 4.31. The molecule has 1 heterocycles. The van der Waals surface area contributed by atoms with Gasteiger partial charge in [0.2, 0.25) is 0 Å². The lowest BCUT2D eigenvalue weighted by atomic mass is 10.0. The Labute approximate surface area is 113 Å². The molecule has 1 fully saturated rings. The van der Waals surface area contributed by atoms with Crippen LogP contribution in [-0.4, -0.2) is 14.7 Å². The molecule has 1 aromatic carbocycles. The Bertz CT molecular complexity index is 540. The van der Waals surface area contributed by atoms with E-state index < -0.39 is 6.10 Å². The first kappa shape index (κ1) is 12.4. The molecule has 100 valence electrons. The molecular formula is C16H20N2O. The summed E-state index contributed by atoms with van der Waals surface area (Å²) in [6.07, 6.45) is 6.48. The van der Waals surface area contributed by atoms with Crippen LogP contribution in [0.5, 0.6) is 0 Å². The predicted molar refractivity (Wildman–Crippen MR) is 75.0 cm³/mol. The quantitative estimate of drug-likeness (QED) is 0.893. The van der Waals surface area contributed by atoms with Crippen molar-refractivity contribution in [3.05, 3.63) is 53.6 Å². The fourth-order valence-electron chi connectivity index (χ4n) is 2.52. The Morgan fingerprint density at radius 1 is 1.32 bits per heavy atom. The summed E-state index contributed by atoms with van der Waals surface area (Å²) in [6, 6.07) is 8.42. The zero-order valence-electron chi connectivity index (χ0n) is 11.3. The van der Waals surface area contributed by atoms with Crippen molar-refractivity contribution in [3.63, 3.8) is 0 Å². The molecule has 19 heavy (non-hydrogen) atoms. The first-order chi connectivity index (χ1) is 9.28. The standard InChI is InChI=1S/C16H20N2O/c1-2-18-10-9-17-16(18)11-15(19)14-7-5-13(6-8-14)12-3-4-12/h5-10,12,15,19H,2-4,11H2,1H3. The van der Waals surface area contributed by atoms with Crippen molar-refractivity contribution < 1.29 is 5.11 Å². The first-order valence-electron chi connectivity index (χ1n) is 7.06. The van der Waals surface area contributed by atoms with Gasteiger partial charge in [0.1, 0.15) is 5.82 Å². The van der Waals surface area contributed by atoms with Crippen LogP contribution >= 0.6 is 0 Å². The smallest absolute Gasteiger partial charge is 0.111 e. The van der Waals surface area contributed by atoms with Crippen molar-refractivity contribution in [1.82, 2.24) is 9.55 Å². The number of aliphatic hydroxyl groups is 1. The molecule has 0 bridgehead atoms. The average Bonchev–Trinajstić information content (AvgIpc) is 3.20. The normalized spacial score (nSPS) is 16.5. The molecule has 1 atom stereocenters. The van der Waals surface area contributed by atoms with Gasteiger partial charge in [0.05, 0.1) is 6.10 Å². The van der Waals surface area contributed by atoms with Gasteiger partial charge >= 0.3 is 0 Å². The number of hydrogen-bond acceptors (Lipinski definition) is 2. The summed E-state index contributed by atoms with van der Waals surface area (Å²) in [6.45, 7) is 2.98. The van der Waals surface area contributed by atoms with Gasteiger partial charge in [-0.1, -0.05) is 24.3 Å². The molecule has 1 N–H and O–H groups in total. The molecule has 0 radical (unpaired) electrons. The minimum absolute atomic E-state index is 0.471. The molecule has 0 saturated heterocycles. The second kappa shape index (κ2) is 5.17. The molecule has 0 amide bonds. The van der Waals surface area contributed by atoms with E-state index in [4.69, 9.17) is 0 Å². The Morgan fingerprint density at radius 2 is 2.05 bits per heavy atom. The number of aliphatic hydroxyl groups excluding tert-OH is 1. The molecule has 3 nitrogen and oxygen atoms in total. The average molecular weight is 256 g/mol. The molecule has 3 heteroatoms. The van der Waals surface area contributed by atoms with E-state index in [1.165, 1.54) is 18.4 Å². The highest BCUT2D eigenvalue weighted by Crippen LogP contribution is 2.40. The van der Waals surface area contributed by atoms with Gasteiger partial charge in [0.25, 0.3) is 0 Å². The van der Waals surface area contributed by atoms with Crippen molar-refractivity contribution in [2.75, 3.05) is 0 Å². The van der Waals surface area contributed by atoms with E-state index in [0.29, 0.717) is 6.42 Å². The zero-order chi connectivity index (χ0) is 13.2. The summed E-state index contributed by atoms with van der Waals surface area (Å²) in [5.41, 5.74) is 2.39. The van der Waals surface area contributed by atoms with E-state index in [1.807, 2.05) is 6.20 Å². The fraction of sp³-hybridized carbons (Fsp3) is 0.438. The summed E-state index contributed by atoms with van der Waals surface area (Å²) in [5.74, 6) is 1.71. The topological polar surface area (TPSA) is 38.0 Å². The van der Waals surface area contributed by atoms with Gasteiger partial charge in [0.15, 0.2) is 0 Å². The predicted octanol–water partition coefficient (Wildman–Crippen LogP) is 3.06. The fourth-order valence-corrected chi connectivity index (χ4v) is 2.52. The lowest BCUT2D eigenvalue weighted by Gasteiger charge is -2.12. The Kier molecular flexibility index (Phi) is 3.38. The third-order valence-electron chi connectivity index (χ3n) is 3.89. The Balaban J connectivity index is 1.70. The molecule has 1 unspecified atom stereocenters. The minimum atomic E-state index is -0.471. The molecule has 0 spiro atoms. The molecule has 1 aliphatic rings. The number of hydrogen-bond donors (Lipinski definition) is 1. The van der Waals surface area contributed by atoms with Gasteiger partial charge in [-0.3, -0.25) is 0 Å². The SMILES string of the molecule is CCn1ccnc1CC(O)c1ccc(C2CC2)cc1. The number of nitrogens with zero attached hydrogens (tertiary/aromatic N) is 2. The van der Waals surface area contributed by atoms with Gasteiger partial charge in [0, 0.05) is 25.4 Å². The summed E-state index contributed by atoms with van der Waals surface area (Å²) in [5, 5.41) is 10.3. The number of aryl methyl sites for hydroxylation is 1. The third kappa shape index (κ3) is 2.71. The maximum Gasteiger partial charge on any atom is 0.111 e. The second-order valence-corrected chi connectivity index (χ2v) is 5.29. The first-order valence-corrected chi connectivity index (χ1v) is 7.06. The van der Waals surface area contributed by atoms with Crippen LogP contribution in [0.25, 0.3) is 0 Å². The van der Waals surface area contributed by atoms with Crippen molar-refractivity contribution in [2.24, 2.45) is 0 Å². The van der Waals surface area contributed by atoms with Gasteiger partial charge in [-0.2, -0.15) is 0 Å². The monoisotopic (exact) mass is 256 g/mol. The number of imidazole rings is 1. The van der Waals surface area contributed by atoms with Crippen LogP contribution in [0.3, 0.4) is 0 Å². The lowest BCUT2D eigenvalue weighted by Crippen LogP contribution is -2.08. The van der Waals surface area contributed by atoms with E-state index in [9.17, 15) is 5.11 Å². The summed E-state index contributed by atoms with van der Waals surface area (Å²) < 4.78 is 2.07. The zero-order valence-corrected chi connectivity index (χ0v) is 11.3. The molecule has 2 aromatic rings. The van der Waals surface area contributed by atoms with Gasteiger partial charge in [-0.05, 0) is 36.8 Å². The minimum Gasteiger partial charge on any atom is -0.388 e. The number of rotatable bonds is 5. The summed E-state index contributed by atoms with van der Waals surface area (Å²) >= 11 is 0. The van der Waals surface area contributed by atoms with E-state index in [0.717, 1.165) is 23.9 Å². The van der Waals surface area contributed by atoms with Crippen molar-refractivity contribution in [3.8, 4) is 0 Å². The van der Waals surface area contributed by atoms with Crippen LogP contribution in [0.2, 0.25) is 0 Å². The molecule has 1 aliphatic carbocycles. The lowest BCUT2D eigenvalue weighted by molar-refractivity contribution is 0.174. The van der Waals surface area contributed by atoms with Gasteiger partial charge < -0.3 is 9.67 Å². The van der Waals surface area contributed by atoms with Crippen molar-refractivity contribution >= 4 is 0 Å². The second-order valence-electron chi connectivity index (χ2n) is 5.29. The van der Waals surface area contributed by atoms with Crippen LogP contribution in [-0.2, 0) is 13.0 Å². The number of aromatic nitrogens is 2. The van der Waals surface area contributed by atoms with E-state index in [1.54, 1.807) is 6.20 Å². The van der Waals surface area contributed by atoms with Crippen LogP contribution < -0.4 is 0 Å². The van der Waals surface area contributed by atoms with E-state index in [2.05, 4.69) is 40.7 Å². The van der Waals surface area contributed by atoms with Crippen molar-refractivity contribution in [2.45, 2.75) is 44.8 Å². The molecule has 1 aromatic heterocycles. The highest BCUT2D eigenvalue weighted by molar-refractivity contribution is 5.29. The van der Waals surface area contributed by atoms with Crippen LogP contribution in [0.4, 0.5) is 0 Å². The third-order valence-corrected chi connectivity index (χ3v) is 3.89. The van der Waals surface area contributed by atoms with Gasteiger partial charge in [-0.15, -0.1) is 0 Å². The highest BCUT2D eigenvalue weighted by Gasteiger charge is 2.23. The highest BCUT2D eigenvalue weighted by atomic mass is 16.3.